The molecule has 1 fully saturated rings. The third-order valence-electron chi connectivity index (χ3n) is 5.45. The summed E-state index contributed by atoms with van der Waals surface area (Å²) in [4.78, 5) is 27.5. The molecule has 1 saturated heterocycles. The molecule has 0 aliphatic carbocycles. The maximum absolute atomic E-state index is 13.5. The quantitative estimate of drug-likeness (QED) is 0.252. The number of amides is 2. The highest BCUT2D eigenvalue weighted by Crippen LogP contribution is 2.34. The van der Waals surface area contributed by atoms with Crippen LogP contribution in [0, 0.1) is 6.92 Å². The summed E-state index contributed by atoms with van der Waals surface area (Å²) in [7, 11) is 0. The van der Waals surface area contributed by atoms with Crippen LogP contribution in [0.3, 0.4) is 0 Å². The summed E-state index contributed by atoms with van der Waals surface area (Å²) in [6.45, 7) is 6.57. The van der Waals surface area contributed by atoms with Crippen molar-refractivity contribution in [2.24, 2.45) is 0 Å². The number of nitrogens with one attached hydrogen (secondary N) is 1. The van der Waals surface area contributed by atoms with Crippen molar-refractivity contribution in [3.8, 4) is 23.0 Å². The summed E-state index contributed by atoms with van der Waals surface area (Å²) < 4.78 is 17.3. The van der Waals surface area contributed by atoms with Crippen molar-refractivity contribution in [3.05, 3.63) is 83.4 Å². The van der Waals surface area contributed by atoms with E-state index in [4.69, 9.17) is 26.4 Å². The van der Waals surface area contributed by atoms with E-state index in [1.165, 1.54) is 11.0 Å². The average molecular weight is 503 g/mol. The fourth-order valence-corrected chi connectivity index (χ4v) is 4.07. The third-order valence-corrected chi connectivity index (χ3v) is 5.74. The number of para-hydroxylation sites is 1. The monoisotopic (exact) mass is 502 g/mol. The number of anilines is 1. The normalized spacial score (nSPS) is 14.6. The van der Waals surface area contributed by atoms with Gasteiger partial charge in [0.25, 0.3) is 11.8 Å². The van der Waals surface area contributed by atoms with Gasteiger partial charge in [0.1, 0.15) is 28.6 Å². The second kappa shape index (κ2) is 11.0. The highest BCUT2D eigenvalue weighted by atomic mass is 32.1. The molecule has 0 aromatic heterocycles. The average Bonchev–Trinajstić information content (AvgIpc) is 2.87. The first-order valence-corrected chi connectivity index (χ1v) is 12.0. The number of hydrogen-bond acceptors (Lipinski definition) is 6. The molecule has 0 bridgehead atoms. The van der Waals surface area contributed by atoms with E-state index in [0.717, 1.165) is 5.56 Å². The van der Waals surface area contributed by atoms with Gasteiger partial charge in [-0.1, -0.05) is 18.2 Å². The Hall–Kier alpha value is -4.17. The molecule has 0 atom stereocenters. The van der Waals surface area contributed by atoms with Crippen LogP contribution in [0.4, 0.5) is 5.69 Å². The summed E-state index contributed by atoms with van der Waals surface area (Å²) in [5.41, 5.74) is 1.83. The van der Waals surface area contributed by atoms with Crippen LogP contribution in [0.25, 0.3) is 6.08 Å². The van der Waals surface area contributed by atoms with Gasteiger partial charge in [-0.05, 0) is 87.6 Å². The zero-order chi connectivity index (χ0) is 25.7. The molecule has 36 heavy (non-hydrogen) atoms. The Balaban J connectivity index is 1.65. The minimum atomic E-state index is -0.570. The molecule has 1 aliphatic heterocycles. The van der Waals surface area contributed by atoms with E-state index < -0.39 is 11.8 Å². The van der Waals surface area contributed by atoms with Crippen LogP contribution in [-0.4, -0.2) is 30.1 Å². The Morgan fingerprint density at radius 3 is 2.22 bits per heavy atom. The largest absolute Gasteiger partial charge is 0.493 e. The molecule has 4 rings (SSSR count). The molecule has 0 radical (unpaired) electrons. The maximum Gasteiger partial charge on any atom is 0.270 e. The van der Waals surface area contributed by atoms with E-state index in [0.29, 0.717) is 47.5 Å². The van der Waals surface area contributed by atoms with Gasteiger partial charge < -0.3 is 14.2 Å². The van der Waals surface area contributed by atoms with Gasteiger partial charge in [0, 0.05) is 11.1 Å². The lowest BCUT2D eigenvalue weighted by atomic mass is 10.0. The summed E-state index contributed by atoms with van der Waals surface area (Å²) in [6, 6.07) is 19.8. The molecule has 7 nitrogen and oxygen atoms in total. The van der Waals surface area contributed by atoms with Gasteiger partial charge in [0.2, 0.25) is 0 Å². The van der Waals surface area contributed by atoms with Gasteiger partial charge in [0.05, 0.1) is 18.9 Å². The summed E-state index contributed by atoms with van der Waals surface area (Å²) >= 11 is 5.33. The van der Waals surface area contributed by atoms with E-state index in [-0.39, 0.29) is 10.7 Å². The molecule has 1 aliphatic rings. The van der Waals surface area contributed by atoms with Crippen LogP contribution in [0.2, 0.25) is 0 Å². The standard InChI is InChI=1S/C28H26N2O5S/c1-4-33-24-16-11-19(25(18(24)3)34-5-2)17-23-26(31)29-28(36)30(27(23)32)20-12-14-22(15-13-20)35-21-9-7-6-8-10-21/h6-17H,4-5H2,1-3H3,(H,29,31,36). The topological polar surface area (TPSA) is 77.1 Å². The first-order valence-electron chi connectivity index (χ1n) is 11.6. The second-order valence-electron chi connectivity index (χ2n) is 7.84. The Bertz CT molecular complexity index is 1320. The molecule has 1 N–H and O–H groups in total. The van der Waals surface area contributed by atoms with Crippen molar-refractivity contribution in [2.45, 2.75) is 20.8 Å². The molecule has 3 aromatic rings. The zero-order valence-corrected chi connectivity index (χ0v) is 21.1. The molecule has 0 spiro atoms. The zero-order valence-electron chi connectivity index (χ0n) is 20.2. The van der Waals surface area contributed by atoms with Gasteiger partial charge in [0.15, 0.2) is 5.11 Å². The SMILES string of the molecule is CCOc1ccc(C=C2C(=O)NC(=S)N(c3ccc(Oc4ccccc4)cc3)C2=O)c(OCC)c1C. The van der Waals surface area contributed by atoms with Gasteiger partial charge in [-0.25, -0.2) is 0 Å². The number of hydrogen-bond donors (Lipinski definition) is 1. The third kappa shape index (κ3) is 5.23. The number of benzene rings is 3. The number of carbonyl (C=O) groups is 2. The van der Waals surface area contributed by atoms with Crippen LogP contribution < -0.4 is 24.4 Å². The predicted octanol–water partition coefficient (Wildman–Crippen LogP) is 5.42. The lowest BCUT2D eigenvalue weighted by Crippen LogP contribution is -2.54. The Labute approximate surface area is 215 Å². The van der Waals surface area contributed by atoms with Crippen LogP contribution in [0.15, 0.2) is 72.3 Å². The minimum Gasteiger partial charge on any atom is -0.493 e. The smallest absolute Gasteiger partial charge is 0.270 e. The molecule has 2 amide bonds. The van der Waals surface area contributed by atoms with Crippen molar-refractivity contribution in [1.82, 2.24) is 5.32 Å². The van der Waals surface area contributed by atoms with Gasteiger partial charge in [-0.3, -0.25) is 19.8 Å². The van der Waals surface area contributed by atoms with Crippen molar-refractivity contribution in [1.29, 1.82) is 0 Å². The van der Waals surface area contributed by atoms with E-state index in [2.05, 4.69) is 5.32 Å². The summed E-state index contributed by atoms with van der Waals surface area (Å²) in [6.07, 6.45) is 1.52. The Morgan fingerprint density at radius 2 is 1.56 bits per heavy atom. The minimum absolute atomic E-state index is 0.00628. The lowest BCUT2D eigenvalue weighted by molar-refractivity contribution is -0.122. The number of thiocarbonyl (C=S) groups is 1. The molecule has 0 saturated carbocycles. The first-order chi connectivity index (χ1) is 17.4. The van der Waals surface area contributed by atoms with Crippen molar-refractivity contribution < 1.29 is 23.8 Å². The molecule has 0 unspecified atom stereocenters. The van der Waals surface area contributed by atoms with Crippen LogP contribution in [0.5, 0.6) is 23.0 Å². The second-order valence-corrected chi connectivity index (χ2v) is 8.23. The summed E-state index contributed by atoms with van der Waals surface area (Å²) in [5, 5.41) is 2.62. The molecular formula is C28H26N2O5S. The van der Waals surface area contributed by atoms with Crippen molar-refractivity contribution in [3.63, 3.8) is 0 Å². The van der Waals surface area contributed by atoms with Crippen molar-refractivity contribution >= 4 is 40.9 Å². The van der Waals surface area contributed by atoms with E-state index in [1.54, 1.807) is 36.4 Å². The molecule has 8 heteroatoms. The molecule has 184 valence electrons. The molecular weight excluding hydrogens is 476 g/mol. The molecule has 3 aromatic carbocycles. The van der Waals surface area contributed by atoms with E-state index >= 15 is 0 Å². The van der Waals surface area contributed by atoms with Gasteiger partial charge >= 0.3 is 0 Å². The molecule has 1 heterocycles. The van der Waals surface area contributed by atoms with Gasteiger partial charge in [-0.15, -0.1) is 0 Å². The highest BCUT2D eigenvalue weighted by molar-refractivity contribution is 7.80. The van der Waals surface area contributed by atoms with E-state index in [9.17, 15) is 9.59 Å². The maximum atomic E-state index is 13.5. The number of ether oxygens (including phenoxy) is 3. The number of rotatable bonds is 8. The van der Waals surface area contributed by atoms with Gasteiger partial charge in [-0.2, -0.15) is 0 Å². The van der Waals surface area contributed by atoms with Crippen LogP contribution >= 0.6 is 12.2 Å². The van der Waals surface area contributed by atoms with Crippen LogP contribution in [0.1, 0.15) is 25.0 Å². The number of nitrogens with zero attached hydrogens (tertiary/aromatic N) is 1. The highest BCUT2D eigenvalue weighted by Gasteiger charge is 2.34. The van der Waals surface area contributed by atoms with Crippen LogP contribution in [-0.2, 0) is 9.59 Å². The fraction of sp³-hybridized carbons (Fsp3) is 0.179. The predicted molar refractivity (Wildman–Crippen MR) is 143 cm³/mol. The summed E-state index contributed by atoms with van der Waals surface area (Å²) in [5.74, 6) is 1.44. The Kier molecular flexibility index (Phi) is 7.65. The number of carbonyl (C=O) groups excluding carboxylic acids is 2. The Morgan fingerprint density at radius 1 is 0.889 bits per heavy atom. The fourth-order valence-electron chi connectivity index (χ4n) is 3.79. The van der Waals surface area contributed by atoms with E-state index in [1.807, 2.05) is 51.1 Å². The first kappa shape index (κ1) is 24.9. The lowest BCUT2D eigenvalue weighted by Gasteiger charge is -2.29. The van der Waals surface area contributed by atoms with Crippen molar-refractivity contribution in [2.75, 3.05) is 18.1 Å².